The molecule has 2 aliphatic rings. The summed E-state index contributed by atoms with van der Waals surface area (Å²) in [6, 6.07) is 7.02. The van der Waals surface area contributed by atoms with Crippen LogP contribution in [0.4, 0.5) is 0 Å². The van der Waals surface area contributed by atoms with E-state index in [0.29, 0.717) is 24.6 Å². The Bertz CT molecular complexity index is 604. The van der Waals surface area contributed by atoms with Gasteiger partial charge in [0.15, 0.2) is 0 Å². The highest BCUT2D eigenvalue weighted by atomic mass is 32.2. The number of hydrogen-bond donors (Lipinski definition) is 0. The van der Waals surface area contributed by atoms with E-state index in [-0.39, 0.29) is 6.10 Å². The summed E-state index contributed by atoms with van der Waals surface area (Å²) in [5.41, 5.74) is 2.16. The van der Waals surface area contributed by atoms with Gasteiger partial charge in [0.25, 0.3) is 0 Å². The molecule has 5 heteroatoms. The van der Waals surface area contributed by atoms with Crippen LogP contribution in [0.2, 0.25) is 0 Å². The standard InChI is InChI=1S/C14H17NO3S/c1-11-2-4-13(5-3-11)19(16,17)15-8-6-14-12(10-15)7-9-18-14/h2-5,7,14H,6,8-10H2,1H3. The van der Waals surface area contributed by atoms with Gasteiger partial charge in [-0.2, -0.15) is 4.31 Å². The van der Waals surface area contributed by atoms with Crippen LogP contribution < -0.4 is 0 Å². The molecule has 0 N–H and O–H groups in total. The second kappa shape index (κ2) is 4.74. The van der Waals surface area contributed by atoms with Gasteiger partial charge >= 0.3 is 0 Å². The smallest absolute Gasteiger partial charge is 0.243 e. The minimum Gasteiger partial charge on any atom is -0.370 e. The third-order valence-corrected chi connectivity index (χ3v) is 5.57. The zero-order valence-corrected chi connectivity index (χ0v) is 11.7. The fraction of sp³-hybridized carbons (Fsp3) is 0.429. The number of sulfonamides is 1. The van der Waals surface area contributed by atoms with Gasteiger partial charge in [0, 0.05) is 13.1 Å². The van der Waals surface area contributed by atoms with Crippen molar-refractivity contribution >= 4 is 10.0 Å². The van der Waals surface area contributed by atoms with E-state index in [1.165, 1.54) is 0 Å². The van der Waals surface area contributed by atoms with Crippen LogP contribution in [0.1, 0.15) is 12.0 Å². The summed E-state index contributed by atoms with van der Waals surface area (Å²) in [5.74, 6) is 0. The number of ether oxygens (including phenoxy) is 1. The largest absolute Gasteiger partial charge is 0.370 e. The first kappa shape index (κ1) is 12.8. The Hall–Kier alpha value is -1.17. The summed E-state index contributed by atoms with van der Waals surface area (Å²) in [4.78, 5) is 0.371. The zero-order chi connectivity index (χ0) is 13.5. The first-order valence-electron chi connectivity index (χ1n) is 6.45. The molecule has 1 aromatic rings. The van der Waals surface area contributed by atoms with Gasteiger partial charge in [-0.05, 0) is 31.1 Å². The second-order valence-corrected chi connectivity index (χ2v) is 6.98. The lowest BCUT2D eigenvalue weighted by Gasteiger charge is -2.30. The lowest BCUT2D eigenvalue weighted by Crippen LogP contribution is -2.41. The van der Waals surface area contributed by atoms with Gasteiger partial charge in [0.1, 0.15) is 0 Å². The molecule has 3 rings (SSSR count). The Morgan fingerprint density at radius 1 is 1.26 bits per heavy atom. The lowest BCUT2D eigenvalue weighted by atomic mass is 10.1. The lowest BCUT2D eigenvalue weighted by molar-refractivity contribution is 0.0964. The van der Waals surface area contributed by atoms with Crippen molar-refractivity contribution in [1.29, 1.82) is 0 Å². The Morgan fingerprint density at radius 2 is 2.00 bits per heavy atom. The number of fused-ring (bicyclic) bond motifs is 1. The summed E-state index contributed by atoms with van der Waals surface area (Å²) >= 11 is 0. The Kier molecular flexibility index (Phi) is 3.20. The van der Waals surface area contributed by atoms with Crippen molar-refractivity contribution in [3.05, 3.63) is 41.5 Å². The van der Waals surface area contributed by atoms with Crippen molar-refractivity contribution < 1.29 is 13.2 Å². The van der Waals surface area contributed by atoms with E-state index in [2.05, 4.69) is 0 Å². The Balaban J connectivity index is 1.86. The SMILES string of the molecule is Cc1ccc(S(=O)(=O)N2CCC3OCC=C3C2)cc1. The number of nitrogens with zero attached hydrogens (tertiary/aromatic N) is 1. The topological polar surface area (TPSA) is 46.6 Å². The molecular weight excluding hydrogens is 262 g/mol. The average molecular weight is 279 g/mol. The predicted octanol–water partition coefficient (Wildman–Crippen LogP) is 1.71. The van der Waals surface area contributed by atoms with E-state index in [0.717, 1.165) is 17.6 Å². The maximum Gasteiger partial charge on any atom is 0.243 e. The first-order valence-corrected chi connectivity index (χ1v) is 7.89. The normalized spacial score (nSPS) is 24.1. The molecular formula is C14H17NO3S. The molecule has 1 unspecified atom stereocenters. The first-order chi connectivity index (χ1) is 9.07. The Labute approximate surface area is 113 Å². The van der Waals surface area contributed by atoms with Crippen molar-refractivity contribution in [2.45, 2.75) is 24.3 Å². The molecule has 0 spiro atoms. The van der Waals surface area contributed by atoms with E-state index >= 15 is 0 Å². The van der Waals surface area contributed by atoms with E-state index in [4.69, 9.17) is 4.74 Å². The molecule has 4 nitrogen and oxygen atoms in total. The summed E-state index contributed by atoms with van der Waals surface area (Å²) in [6.45, 7) is 3.54. The molecule has 0 aliphatic carbocycles. The van der Waals surface area contributed by atoms with E-state index in [1.54, 1.807) is 16.4 Å². The fourth-order valence-electron chi connectivity index (χ4n) is 2.55. The van der Waals surface area contributed by atoms with Crippen LogP contribution >= 0.6 is 0 Å². The third-order valence-electron chi connectivity index (χ3n) is 3.71. The number of benzene rings is 1. The van der Waals surface area contributed by atoms with Gasteiger partial charge in [-0.25, -0.2) is 8.42 Å². The highest BCUT2D eigenvalue weighted by molar-refractivity contribution is 7.89. The second-order valence-electron chi connectivity index (χ2n) is 5.04. The molecule has 19 heavy (non-hydrogen) atoms. The van der Waals surface area contributed by atoms with Gasteiger partial charge < -0.3 is 4.74 Å². The summed E-state index contributed by atoms with van der Waals surface area (Å²) < 4.78 is 32.2. The third kappa shape index (κ3) is 2.33. The van der Waals surface area contributed by atoms with Crippen LogP contribution in [-0.4, -0.2) is 38.5 Å². The molecule has 0 radical (unpaired) electrons. The van der Waals surface area contributed by atoms with Crippen molar-refractivity contribution in [1.82, 2.24) is 4.31 Å². The van der Waals surface area contributed by atoms with Gasteiger partial charge in [-0.15, -0.1) is 0 Å². The summed E-state index contributed by atoms with van der Waals surface area (Å²) in [6.07, 6.45) is 2.88. The monoisotopic (exact) mass is 279 g/mol. The van der Waals surface area contributed by atoms with Crippen molar-refractivity contribution in [3.63, 3.8) is 0 Å². The molecule has 2 aliphatic heterocycles. The molecule has 0 amide bonds. The Morgan fingerprint density at radius 3 is 2.74 bits per heavy atom. The van der Waals surface area contributed by atoms with Gasteiger partial charge in [-0.3, -0.25) is 0 Å². The van der Waals surface area contributed by atoms with E-state index in [9.17, 15) is 8.42 Å². The minimum absolute atomic E-state index is 0.129. The highest BCUT2D eigenvalue weighted by Crippen LogP contribution is 2.28. The van der Waals surface area contributed by atoms with E-state index in [1.807, 2.05) is 25.1 Å². The van der Waals surface area contributed by atoms with Gasteiger partial charge in [0.05, 0.1) is 17.6 Å². The molecule has 102 valence electrons. The quantitative estimate of drug-likeness (QED) is 0.774. The van der Waals surface area contributed by atoms with Crippen LogP contribution in [0.25, 0.3) is 0 Å². The van der Waals surface area contributed by atoms with Crippen LogP contribution in [-0.2, 0) is 14.8 Å². The average Bonchev–Trinajstić information content (AvgIpc) is 2.86. The number of piperidine rings is 1. The molecule has 2 heterocycles. The maximum atomic E-state index is 12.5. The number of aryl methyl sites for hydroxylation is 1. The van der Waals surface area contributed by atoms with Crippen molar-refractivity contribution in [2.24, 2.45) is 0 Å². The molecule has 0 saturated carbocycles. The van der Waals surface area contributed by atoms with Crippen LogP contribution in [0.3, 0.4) is 0 Å². The molecule has 1 saturated heterocycles. The number of rotatable bonds is 2. The van der Waals surface area contributed by atoms with Crippen LogP contribution in [0.15, 0.2) is 40.8 Å². The molecule has 0 aromatic heterocycles. The minimum atomic E-state index is -3.38. The predicted molar refractivity (Wildman–Crippen MR) is 72.4 cm³/mol. The summed E-state index contributed by atoms with van der Waals surface area (Å²) in [5, 5.41) is 0. The van der Waals surface area contributed by atoms with Gasteiger partial charge in [0.2, 0.25) is 10.0 Å². The fourth-order valence-corrected chi connectivity index (χ4v) is 4.00. The van der Waals surface area contributed by atoms with E-state index < -0.39 is 10.0 Å². The molecule has 1 aromatic carbocycles. The van der Waals surface area contributed by atoms with Crippen LogP contribution in [0, 0.1) is 6.92 Å². The zero-order valence-electron chi connectivity index (χ0n) is 10.9. The summed E-state index contributed by atoms with van der Waals surface area (Å²) in [7, 11) is -3.38. The number of hydrogen-bond acceptors (Lipinski definition) is 3. The molecule has 1 atom stereocenters. The molecule has 0 bridgehead atoms. The maximum absolute atomic E-state index is 12.5. The van der Waals surface area contributed by atoms with Crippen molar-refractivity contribution in [3.8, 4) is 0 Å². The van der Waals surface area contributed by atoms with Crippen molar-refractivity contribution in [2.75, 3.05) is 19.7 Å². The molecule has 1 fully saturated rings. The van der Waals surface area contributed by atoms with Crippen LogP contribution in [0.5, 0.6) is 0 Å². The van der Waals surface area contributed by atoms with Gasteiger partial charge in [-0.1, -0.05) is 23.8 Å². The highest BCUT2D eigenvalue weighted by Gasteiger charge is 2.34.